The molecule has 2 N–H and O–H groups in total. The van der Waals surface area contributed by atoms with Crippen molar-refractivity contribution >= 4 is 41.5 Å². The van der Waals surface area contributed by atoms with Gasteiger partial charge in [0.1, 0.15) is 11.9 Å². The summed E-state index contributed by atoms with van der Waals surface area (Å²) in [6.45, 7) is 13.2. The smallest absolute Gasteiger partial charge is 0.191 e. The molecule has 1 aliphatic rings. The number of benzene rings is 1. The topological polar surface area (TPSA) is 52.1 Å². The lowest BCUT2D eigenvalue weighted by molar-refractivity contribution is 0.122. The summed E-state index contributed by atoms with van der Waals surface area (Å²) in [7, 11) is 2.18. The maximum Gasteiger partial charge on any atom is 0.191 e. The van der Waals surface area contributed by atoms with E-state index in [9.17, 15) is 0 Å². The van der Waals surface area contributed by atoms with Crippen molar-refractivity contribution in [2.45, 2.75) is 32.9 Å². The normalized spacial score (nSPS) is 18.1. The fraction of sp³-hybridized carbons (Fsp3) is 0.650. The molecule has 1 heterocycles. The van der Waals surface area contributed by atoms with E-state index >= 15 is 0 Å². The molecule has 0 amide bonds. The van der Waals surface area contributed by atoms with E-state index in [0.717, 1.165) is 51.0 Å². The molecule has 2 atom stereocenters. The zero-order valence-corrected chi connectivity index (χ0v) is 20.5. The molecule has 1 fully saturated rings. The van der Waals surface area contributed by atoms with Crippen LogP contribution in [0.15, 0.2) is 29.3 Å². The van der Waals surface area contributed by atoms with Crippen LogP contribution in [-0.2, 0) is 0 Å². The van der Waals surface area contributed by atoms with Gasteiger partial charge < -0.3 is 20.3 Å². The van der Waals surface area contributed by atoms with E-state index in [0.29, 0.717) is 17.6 Å². The average Bonchev–Trinajstić information content (AvgIpc) is 2.66. The van der Waals surface area contributed by atoms with Crippen molar-refractivity contribution in [2.75, 3.05) is 52.9 Å². The van der Waals surface area contributed by atoms with E-state index in [-0.39, 0.29) is 30.1 Å². The Labute approximate surface area is 192 Å². The Balaban J connectivity index is 0.00000392. The van der Waals surface area contributed by atoms with Gasteiger partial charge in [-0.1, -0.05) is 11.6 Å². The highest BCUT2D eigenvalue weighted by Crippen LogP contribution is 2.16. The maximum atomic E-state index is 5.91. The molecule has 6 nitrogen and oxygen atoms in total. The Morgan fingerprint density at radius 1 is 1.14 bits per heavy atom. The summed E-state index contributed by atoms with van der Waals surface area (Å²) in [5.74, 6) is 1.66. The molecule has 0 spiro atoms. The minimum atomic E-state index is 0. The first-order valence-electron chi connectivity index (χ1n) is 9.85. The molecule has 1 aliphatic heterocycles. The molecule has 2 unspecified atom stereocenters. The van der Waals surface area contributed by atoms with Crippen LogP contribution in [0.3, 0.4) is 0 Å². The van der Waals surface area contributed by atoms with E-state index in [4.69, 9.17) is 21.3 Å². The molecule has 8 heteroatoms. The van der Waals surface area contributed by atoms with Gasteiger partial charge in [0.2, 0.25) is 0 Å². The van der Waals surface area contributed by atoms with Crippen molar-refractivity contribution in [1.29, 1.82) is 0 Å². The third-order valence-electron chi connectivity index (χ3n) is 4.73. The Kier molecular flexibility index (Phi) is 12.1. The van der Waals surface area contributed by atoms with Gasteiger partial charge in [-0.3, -0.25) is 9.89 Å². The van der Waals surface area contributed by atoms with E-state index in [1.165, 1.54) is 0 Å². The van der Waals surface area contributed by atoms with Gasteiger partial charge >= 0.3 is 0 Å². The van der Waals surface area contributed by atoms with Crippen molar-refractivity contribution < 1.29 is 4.74 Å². The van der Waals surface area contributed by atoms with Crippen molar-refractivity contribution in [3.05, 3.63) is 29.3 Å². The number of likely N-dealkylation sites (N-methyl/N-ethyl adjacent to an activating group) is 1. The van der Waals surface area contributed by atoms with Crippen LogP contribution in [0.2, 0.25) is 5.02 Å². The molecule has 1 saturated heterocycles. The lowest BCUT2D eigenvalue weighted by atomic mass is 10.2. The molecule has 1 aromatic rings. The molecule has 0 aliphatic carbocycles. The summed E-state index contributed by atoms with van der Waals surface area (Å²) in [4.78, 5) is 9.65. The van der Waals surface area contributed by atoms with Crippen LogP contribution in [0, 0.1) is 0 Å². The van der Waals surface area contributed by atoms with Crippen LogP contribution in [0.5, 0.6) is 5.75 Å². The van der Waals surface area contributed by atoms with Crippen LogP contribution in [0.25, 0.3) is 0 Å². The highest BCUT2D eigenvalue weighted by atomic mass is 127. The van der Waals surface area contributed by atoms with Crippen molar-refractivity contribution in [1.82, 2.24) is 20.4 Å². The van der Waals surface area contributed by atoms with Gasteiger partial charge in [-0.25, -0.2) is 0 Å². The number of nitrogens with zero attached hydrogens (tertiary/aromatic N) is 3. The van der Waals surface area contributed by atoms with Crippen molar-refractivity contribution in [2.24, 2.45) is 4.99 Å². The number of halogens is 2. The molecular formula is C20H35ClIN5O. The third-order valence-corrected chi connectivity index (χ3v) is 4.98. The average molecular weight is 524 g/mol. The molecule has 28 heavy (non-hydrogen) atoms. The minimum Gasteiger partial charge on any atom is -0.489 e. The zero-order chi connectivity index (χ0) is 19.6. The van der Waals surface area contributed by atoms with Gasteiger partial charge in [0.15, 0.2) is 5.96 Å². The minimum absolute atomic E-state index is 0. The van der Waals surface area contributed by atoms with Gasteiger partial charge in [0.05, 0.1) is 13.1 Å². The van der Waals surface area contributed by atoms with Crippen LogP contribution < -0.4 is 15.4 Å². The highest BCUT2D eigenvalue weighted by Gasteiger charge is 2.18. The third kappa shape index (κ3) is 9.15. The van der Waals surface area contributed by atoms with E-state index < -0.39 is 0 Å². The largest absolute Gasteiger partial charge is 0.489 e. The molecule has 0 radical (unpaired) electrons. The molecule has 0 aromatic heterocycles. The van der Waals surface area contributed by atoms with Crippen molar-refractivity contribution in [3.8, 4) is 5.75 Å². The number of hydrogen-bond donors (Lipinski definition) is 2. The summed E-state index contributed by atoms with van der Waals surface area (Å²) in [6.07, 6.45) is 0.0186. The summed E-state index contributed by atoms with van der Waals surface area (Å²) >= 11 is 5.91. The molecule has 160 valence electrons. The Bertz CT molecular complexity index is 578. The van der Waals surface area contributed by atoms with Crippen LogP contribution >= 0.6 is 35.6 Å². The van der Waals surface area contributed by atoms with Crippen molar-refractivity contribution in [3.63, 3.8) is 0 Å². The lowest BCUT2D eigenvalue weighted by Crippen LogP contribution is -2.49. The van der Waals surface area contributed by atoms with Gasteiger partial charge in [0, 0.05) is 43.8 Å². The predicted molar refractivity (Wildman–Crippen MR) is 129 cm³/mol. The second-order valence-corrected chi connectivity index (χ2v) is 7.61. The number of ether oxygens (including phenoxy) is 1. The summed E-state index contributed by atoms with van der Waals surface area (Å²) < 4.78 is 5.91. The molecule has 0 bridgehead atoms. The molecule has 1 aromatic carbocycles. The Morgan fingerprint density at radius 2 is 1.79 bits per heavy atom. The van der Waals surface area contributed by atoms with Gasteiger partial charge in [0.25, 0.3) is 0 Å². The zero-order valence-electron chi connectivity index (χ0n) is 17.4. The first-order chi connectivity index (χ1) is 13.0. The number of guanidine groups is 1. The quantitative estimate of drug-likeness (QED) is 0.312. The van der Waals surface area contributed by atoms with Gasteiger partial charge in [-0.2, -0.15) is 0 Å². The monoisotopic (exact) mass is 523 g/mol. The van der Waals surface area contributed by atoms with Gasteiger partial charge in [-0.05, 0) is 52.1 Å². The molecular weight excluding hydrogens is 489 g/mol. The van der Waals surface area contributed by atoms with E-state index in [1.807, 2.05) is 31.2 Å². The summed E-state index contributed by atoms with van der Waals surface area (Å²) in [5.41, 5.74) is 0. The fourth-order valence-corrected chi connectivity index (χ4v) is 3.10. The first-order valence-corrected chi connectivity index (χ1v) is 10.2. The number of rotatable bonds is 8. The van der Waals surface area contributed by atoms with Crippen LogP contribution in [-0.4, -0.2) is 80.8 Å². The number of hydrogen-bond acceptors (Lipinski definition) is 4. The standard InChI is InChI=1S/C20H34ClN5O.HI/c1-5-22-20(23-14-16(2)26-12-10-25(4)11-13-26)24-15-17(3)27-19-8-6-18(21)7-9-19;/h6-9,16-17H,5,10-15H2,1-4H3,(H2,22,23,24);1H. The van der Waals surface area contributed by atoms with Crippen LogP contribution in [0.1, 0.15) is 20.8 Å². The predicted octanol–water partition coefficient (Wildman–Crippen LogP) is 2.92. The van der Waals surface area contributed by atoms with Gasteiger partial charge in [-0.15, -0.1) is 24.0 Å². The second kappa shape index (κ2) is 13.5. The van der Waals surface area contributed by atoms with E-state index in [1.54, 1.807) is 0 Å². The fourth-order valence-electron chi connectivity index (χ4n) is 2.97. The van der Waals surface area contributed by atoms with E-state index in [2.05, 4.69) is 41.3 Å². The Morgan fingerprint density at radius 3 is 2.39 bits per heavy atom. The summed E-state index contributed by atoms with van der Waals surface area (Å²) in [5, 5.41) is 7.40. The first kappa shape index (κ1) is 25.3. The number of aliphatic imine (C=N–C) groups is 1. The maximum absolute atomic E-state index is 5.91. The van der Waals surface area contributed by atoms with Crippen LogP contribution in [0.4, 0.5) is 0 Å². The Hall–Kier alpha value is -0.770. The SMILES string of the molecule is CCNC(=NCC(C)N1CCN(C)CC1)NCC(C)Oc1ccc(Cl)cc1.I. The lowest BCUT2D eigenvalue weighted by Gasteiger charge is -2.35. The number of piperazine rings is 1. The highest BCUT2D eigenvalue weighted by molar-refractivity contribution is 14.0. The second-order valence-electron chi connectivity index (χ2n) is 7.17. The summed E-state index contributed by atoms with van der Waals surface area (Å²) in [6, 6.07) is 7.88. The molecule has 0 saturated carbocycles. The molecule has 2 rings (SSSR count). The number of nitrogens with one attached hydrogen (secondary N) is 2.